The standard InChI is InChI=1S/C22H31N3O/c1-17(25(3)16-19-10-6-4-7-11-19)14-15-24-22(26)18(2)21(23)20-12-8-5-9-13-20/h4-13,17-18,21H,14-16,23H2,1-3H3,(H,24,26). The normalized spacial score (nSPS) is 14.7. The molecule has 4 nitrogen and oxygen atoms in total. The first-order valence-corrected chi connectivity index (χ1v) is 9.31. The van der Waals surface area contributed by atoms with Crippen LogP contribution in [0.15, 0.2) is 60.7 Å². The van der Waals surface area contributed by atoms with Gasteiger partial charge in [-0.2, -0.15) is 0 Å². The summed E-state index contributed by atoms with van der Waals surface area (Å²) in [7, 11) is 2.12. The third-order valence-corrected chi connectivity index (χ3v) is 5.03. The highest BCUT2D eigenvalue weighted by molar-refractivity contribution is 5.79. The molecular formula is C22H31N3O. The SMILES string of the molecule is CC(C(=O)NCCC(C)N(C)Cc1ccccc1)C(N)c1ccccc1. The molecule has 0 aliphatic heterocycles. The fourth-order valence-electron chi connectivity index (χ4n) is 2.94. The lowest BCUT2D eigenvalue weighted by atomic mass is 9.94. The van der Waals surface area contributed by atoms with Crippen molar-refractivity contribution >= 4 is 5.91 Å². The Kier molecular flexibility index (Phi) is 7.82. The van der Waals surface area contributed by atoms with Crippen molar-refractivity contribution in [1.82, 2.24) is 10.2 Å². The van der Waals surface area contributed by atoms with Gasteiger partial charge in [-0.05, 0) is 31.5 Å². The van der Waals surface area contributed by atoms with Crippen LogP contribution in [-0.2, 0) is 11.3 Å². The van der Waals surface area contributed by atoms with Crippen LogP contribution in [0.1, 0.15) is 37.4 Å². The van der Waals surface area contributed by atoms with Gasteiger partial charge in [-0.3, -0.25) is 9.69 Å². The summed E-state index contributed by atoms with van der Waals surface area (Å²) in [6.07, 6.45) is 0.905. The van der Waals surface area contributed by atoms with Crippen molar-refractivity contribution in [3.8, 4) is 0 Å². The number of hydrogen-bond donors (Lipinski definition) is 2. The number of nitrogens with zero attached hydrogens (tertiary/aromatic N) is 1. The monoisotopic (exact) mass is 353 g/mol. The molecule has 0 aliphatic rings. The number of hydrogen-bond acceptors (Lipinski definition) is 3. The van der Waals surface area contributed by atoms with Crippen LogP contribution in [0.2, 0.25) is 0 Å². The van der Waals surface area contributed by atoms with Crippen molar-refractivity contribution in [1.29, 1.82) is 0 Å². The van der Waals surface area contributed by atoms with E-state index in [0.29, 0.717) is 12.6 Å². The van der Waals surface area contributed by atoms with Gasteiger partial charge in [-0.1, -0.05) is 67.6 Å². The van der Waals surface area contributed by atoms with Crippen LogP contribution in [0.5, 0.6) is 0 Å². The van der Waals surface area contributed by atoms with Crippen LogP contribution in [0.3, 0.4) is 0 Å². The van der Waals surface area contributed by atoms with Crippen molar-refractivity contribution in [2.75, 3.05) is 13.6 Å². The summed E-state index contributed by atoms with van der Waals surface area (Å²) in [5.74, 6) is -0.242. The van der Waals surface area contributed by atoms with Crippen LogP contribution in [-0.4, -0.2) is 30.4 Å². The molecule has 0 radical (unpaired) electrons. The summed E-state index contributed by atoms with van der Waals surface area (Å²) in [5, 5.41) is 3.04. The Bertz CT molecular complexity index is 660. The maximum atomic E-state index is 12.4. The zero-order chi connectivity index (χ0) is 18.9. The number of nitrogens with two attached hydrogens (primary N) is 1. The van der Waals surface area contributed by atoms with Gasteiger partial charge in [-0.15, -0.1) is 0 Å². The van der Waals surface area contributed by atoms with Crippen molar-refractivity contribution < 1.29 is 4.79 Å². The van der Waals surface area contributed by atoms with E-state index in [0.717, 1.165) is 18.5 Å². The summed E-state index contributed by atoms with van der Waals surface area (Å²) in [5.41, 5.74) is 8.53. The molecule has 0 fully saturated rings. The van der Waals surface area contributed by atoms with Gasteiger partial charge in [0.05, 0.1) is 5.92 Å². The van der Waals surface area contributed by atoms with Crippen LogP contribution in [0.4, 0.5) is 0 Å². The van der Waals surface area contributed by atoms with Crippen molar-refractivity contribution in [3.05, 3.63) is 71.8 Å². The molecule has 2 aromatic carbocycles. The largest absolute Gasteiger partial charge is 0.356 e. The fraction of sp³-hybridized carbons (Fsp3) is 0.409. The quantitative estimate of drug-likeness (QED) is 0.727. The second-order valence-electron chi connectivity index (χ2n) is 7.05. The zero-order valence-corrected chi connectivity index (χ0v) is 16.1. The molecule has 3 unspecified atom stereocenters. The molecule has 1 amide bonds. The third kappa shape index (κ3) is 5.97. The molecule has 0 aromatic heterocycles. The molecule has 26 heavy (non-hydrogen) atoms. The Morgan fingerprint density at radius 3 is 2.23 bits per heavy atom. The van der Waals surface area contributed by atoms with Crippen LogP contribution in [0.25, 0.3) is 0 Å². The van der Waals surface area contributed by atoms with E-state index in [-0.39, 0.29) is 17.9 Å². The second kappa shape index (κ2) is 10.1. The van der Waals surface area contributed by atoms with Gasteiger partial charge in [0.1, 0.15) is 0 Å². The zero-order valence-electron chi connectivity index (χ0n) is 16.1. The van der Waals surface area contributed by atoms with E-state index < -0.39 is 0 Å². The highest BCUT2D eigenvalue weighted by atomic mass is 16.1. The third-order valence-electron chi connectivity index (χ3n) is 5.03. The molecule has 2 rings (SSSR count). The fourth-order valence-corrected chi connectivity index (χ4v) is 2.94. The minimum atomic E-state index is -0.283. The Balaban J connectivity index is 1.74. The van der Waals surface area contributed by atoms with Gasteiger partial charge in [0.25, 0.3) is 0 Å². The first kappa shape index (κ1) is 20.1. The molecule has 0 spiro atoms. The molecule has 0 saturated heterocycles. The molecule has 3 N–H and O–H groups in total. The van der Waals surface area contributed by atoms with Gasteiger partial charge in [0.15, 0.2) is 0 Å². The van der Waals surface area contributed by atoms with Gasteiger partial charge < -0.3 is 11.1 Å². The van der Waals surface area contributed by atoms with E-state index in [4.69, 9.17) is 5.73 Å². The summed E-state index contributed by atoms with van der Waals surface area (Å²) >= 11 is 0. The first-order valence-electron chi connectivity index (χ1n) is 9.31. The number of benzene rings is 2. The van der Waals surface area contributed by atoms with Gasteiger partial charge in [-0.25, -0.2) is 0 Å². The minimum Gasteiger partial charge on any atom is -0.356 e. The number of amides is 1. The second-order valence-corrected chi connectivity index (χ2v) is 7.05. The number of carbonyl (C=O) groups excluding carboxylic acids is 1. The van der Waals surface area contributed by atoms with E-state index in [2.05, 4.69) is 48.5 Å². The molecule has 2 aromatic rings. The Morgan fingerprint density at radius 2 is 1.62 bits per heavy atom. The van der Waals surface area contributed by atoms with Crippen LogP contribution >= 0.6 is 0 Å². The Hall–Kier alpha value is -2.17. The molecule has 140 valence electrons. The van der Waals surface area contributed by atoms with Gasteiger partial charge in [0, 0.05) is 25.2 Å². The predicted octanol–water partition coefficient (Wildman–Crippen LogP) is 3.35. The number of nitrogens with one attached hydrogen (secondary N) is 1. The van der Waals surface area contributed by atoms with Gasteiger partial charge in [0.2, 0.25) is 5.91 Å². The van der Waals surface area contributed by atoms with Crippen LogP contribution < -0.4 is 11.1 Å². The topological polar surface area (TPSA) is 58.4 Å². The van der Waals surface area contributed by atoms with Gasteiger partial charge >= 0.3 is 0 Å². The summed E-state index contributed by atoms with van der Waals surface area (Å²) in [6, 6.07) is 20.3. The molecule has 0 heterocycles. The molecule has 0 bridgehead atoms. The average molecular weight is 354 g/mol. The summed E-state index contributed by atoms with van der Waals surface area (Å²) in [4.78, 5) is 14.7. The maximum Gasteiger partial charge on any atom is 0.224 e. The van der Waals surface area contributed by atoms with E-state index in [9.17, 15) is 4.79 Å². The highest BCUT2D eigenvalue weighted by Gasteiger charge is 2.22. The lowest BCUT2D eigenvalue weighted by molar-refractivity contribution is -0.125. The Morgan fingerprint density at radius 1 is 1.04 bits per heavy atom. The lowest BCUT2D eigenvalue weighted by Crippen LogP contribution is -2.38. The van der Waals surface area contributed by atoms with E-state index in [1.54, 1.807) is 0 Å². The molecule has 0 saturated carbocycles. The molecular weight excluding hydrogens is 322 g/mol. The molecule has 0 aliphatic carbocycles. The predicted molar refractivity (Wildman–Crippen MR) is 108 cm³/mol. The first-order chi connectivity index (χ1) is 12.5. The minimum absolute atomic E-state index is 0.0132. The van der Waals surface area contributed by atoms with E-state index in [1.165, 1.54) is 5.56 Å². The molecule has 3 atom stereocenters. The maximum absolute atomic E-state index is 12.4. The smallest absolute Gasteiger partial charge is 0.224 e. The average Bonchev–Trinajstić information content (AvgIpc) is 2.68. The Labute approximate surface area is 157 Å². The highest BCUT2D eigenvalue weighted by Crippen LogP contribution is 2.19. The lowest BCUT2D eigenvalue weighted by Gasteiger charge is -2.25. The van der Waals surface area contributed by atoms with Crippen molar-refractivity contribution in [2.24, 2.45) is 11.7 Å². The number of rotatable bonds is 9. The number of carbonyl (C=O) groups is 1. The van der Waals surface area contributed by atoms with Crippen LogP contribution in [0, 0.1) is 5.92 Å². The summed E-state index contributed by atoms with van der Waals surface area (Å²) in [6.45, 7) is 5.64. The summed E-state index contributed by atoms with van der Waals surface area (Å²) < 4.78 is 0. The van der Waals surface area contributed by atoms with Crippen molar-refractivity contribution in [2.45, 2.75) is 38.9 Å². The van der Waals surface area contributed by atoms with E-state index in [1.807, 2.05) is 43.3 Å². The van der Waals surface area contributed by atoms with Crippen molar-refractivity contribution in [3.63, 3.8) is 0 Å². The molecule has 4 heteroatoms. The van der Waals surface area contributed by atoms with E-state index >= 15 is 0 Å².